The van der Waals surface area contributed by atoms with Crippen molar-refractivity contribution in [1.29, 1.82) is 0 Å². The lowest BCUT2D eigenvalue weighted by Gasteiger charge is -2.05. The predicted molar refractivity (Wildman–Crippen MR) is 56.6 cm³/mol. The Bertz CT molecular complexity index is 625. The fourth-order valence-electron chi connectivity index (χ4n) is 1.13. The van der Waals surface area contributed by atoms with Crippen LogP contribution in [-0.2, 0) is 24.5 Å². The first-order valence-electron chi connectivity index (χ1n) is 4.36. The Balaban J connectivity index is 3.16. The van der Waals surface area contributed by atoms with Crippen LogP contribution in [0.25, 0.3) is 0 Å². The lowest BCUT2D eigenvalue weighted by atomic mass is 10.4. The Kier molecular flexibility index (Phi) is 3.58. The standard InChI is InChI=1S/C9H10O6S2/c1-16(12,13)7-2-4-8(5-3-7)17(14,15)6-9(10)11/h2-5H,6H2,1H3,(H,10,11)/p-1. The summed E-state index contributed by atoms with van der Waals surface area (Å²) in [6.07, 6.45) is 0.984. The predicted octanol–water partition coefficient (Wildman–Crippen LogP) is -1.39. The van der Waals surface area contributed by atoms with E-state index >= 15 is 0 Å². The molecule has 94 valence electrons. The van der Waals surface area contributed by atoms with Crippen LogP contribution >= 0.6 is 0 Å². The van der Waals surface area contributed by atoms with Crippen LogP contribution in [0.3, 0.4) is 0 Å². The second kappa shape index (κ2) is 4.46. The van der Waals surface area contributed by atoms with Crippen molar-refractivity contribution >= 4 is 25.6 Å². The van der Waals surface area contributed by atoms with Gasteiger partial charge >= 0.3 is 0 Å². The highest BCUT2D eigenvalue weighted by Gasteiger charge is 2.16. The monoisotopic (exact) mass is 277 g/mol. The first-order valence-corrected chi connectivity index (χ1v) is 7.90. The quantitative estimate of drug-likeness (QED) is 0.670. The largest absolute Gasteiger partial charge is 0.549 e. The van der Waals surface area contributed by atoms with Gasteiger partial charge < -0.3 is 9.90 Å². The number of hydrogen-bond acceptors (Lipinski definition) is 6. The minimum Gasteiger partial charge on any atom is -0.549 e. The summed E-state index contributed by atoms with van der Waals surface area (Å²) in [5.41, 5.74) is 0. The SMILES string of the molecule is CS(=O)(=O)c1ccc(S(=O)(=O)CC(=O)[O-])cc1. The number of aliphatic carboxylic acids is 1. The highest BCUT2D eigenvalue weighted by Crippen LogP contribution is 2.15. The van der Waals surface area contributed by atoms with Crippen molar-refractivity contribution in [2.24, 2.45) is 0 Å². The Labute approximate surface area is 98.7 Å². The number of benzene rings is 1. The van der Waals surface area contributed by atoms with Gasteiger partial charge in [-0.2, -0.15) is 0 Å². The lowest BCUT2D eigenvalue weighted by Crippen LogP contribution is -2.30. The Morgan fingerprint density at radius 2 is 1.47 bits per heavy atom. The summed E-state index contributed by atoms with van der Waals surface area (Å²) in [7, 11) is -7.39. The average Bonchev–Trinajstić information content (AvgIpc) is 2.14. The fraction of sp³-hybridized carbons (Fsp3) is 0.222. The Morgan fingerprint density at radius 1 is 1.06 bits per heavy atom. The molecule has 0 aromatic heterocycles. The van der Waals surface area contributed by atoms with Crippen molar-refractivity contribution < 1.29 is 26.7 Å². The molecule has 0 spiro atoms. The molecule has 0 bridgehead atoms. The molecule has 0 saturated carbocycles. The van der Waals surface area contributed by atoms with Gasteiger partial charge in [0.25, 0.3) is 0 Å². The first kappa shape index (κ1) is 13.7. The number of carboxylic acid groups (broad SMARTS) is 1. The molecule has 0 aliphatic rings. The van der Waals surface area contributed by atoms with Gasteiger partial charge in [0.1, 0.15) is 0 Å². The van der Waals surface area contributed by atoms with Crippen LogP contribution in [0.2, 0.25) is 0 Å². The van der Waals surface area contributed by atoms with Crippen LogP contribution in [0, 0.1) is 0 Å². The highest BCUT2D eigenvalue weighted by molar-refractivity contribution is 7.92. The molecule has 0 radical (unpaired) electrons. The van der Waals surface area contributed by atoms with E-state index < -0.39 is 31.4 Å². The van der Waals surface area contributed by atoms with Gasteiger partial charge in [-0.15, -0.1) is 0 Å². The van der Waals surface area contributed by atoms with Gasteiger partial charge in [0.05, 0.1) is 21.5 Å². The summed E-state index contributed by atoms with van der Waals surface area (Å²) in [6, 6.07) is 4.32. The molecule has 0 aliphatic heterocycles. The van der Waals surface area contributed by atoms with E-state index in [1.54, 1.807) is 0 Å². The fourth-order valence-corrected chi connectivity index (χ4v) is 2.79. The van der Waals surface area contributed by atoms with Crippen LogP contribution < -0.4 is 5.11 Å². The van der Waals surface area contributed by atoms with Crippen molar-refractivity contribution in [3.63, 3.8) is 0 Å². The molecule has 6 nitrogen and oxygen atoms in total. The van der Waals surface area contributed by atoms with E-state index in [4.69, 9.17) is 0 Å². The van der Waals surface area contributed by atoms with Gasteiger partial charge in [0.2, 0.25) is 0 Å². The molecule has 0 unspecified atom stereocenters. The Morgan fingerprint density at radius 3 is 1.82 bits per heavy atom. The summed E-state index contributed by atoms with van der Waals surface area (Å²) in [4.78, 5) is 9.94. The van der Waals surface area contributed by atoms with Crippen molar-refractivity contribution in [3.05, 3.63) is 24.3 Å². The molecule has 0 fully saturated rings. The minimum atomic E-state index is -3.98. The molecule has 0 heterocycles. The number of sulfone groups is 2. The van der Waals surface area contributed by atoms with Crippen LogP contribution in [0.1, 0.15) is 0 Å². The maximum atomic E-state index is 11.4. The number of rotatable bonds is 4. The van der Waals surface area contributed by atoms with Gasteiger partial charge in [0.15, 0.2) is 19.7 Å². The van der Waals surface area contributed by atoms with Gasteiger partial charge in [-0.1, -0.05) is 0 Å². The molecule has 1 aromatic rings. The molecule has 0 saturated heterocycles. The van der Waals surface area contributed by atoms with Crippen LogP contribution in [-0.4, -0.2) is 34.8 Å². The molecule has 1 aromatic carbocycles. The average molecular weight is 277 g/mol. The second-order valence-electron chi connectivity index (χ2n) is 3.37. The van der Waals surface area contributed by atoms with Gasteiger partial charge in [-0.3, -0.25) is 0 Å². The zero-order chi connectivity index (χ0) is 13.3. The van der Waals surface area contributed by atoms with Crippen molar-refractivity contribution in [1.82, 2.24) is 0 Å². The molecule has 0 atom stereocenters. The van der Waals surface area contributed by atoms with E-state index in [1.165, 1.54) is 0 Å². The highest BCUT2D eigenvalue weighted by atomic mass is 32.2. The number of hydrogen-bond donors (Lipinski definition) is 0. The van der Waals surface area contributed by atoms with Crippen molar-refractivity contribution in [3.8, 4) is 0 Å². The number of carbonyl (C=O) groups excluding carboxylic acids is 1. The minimum absolute atomic E-state index is 0.0371. The van der Waals surface area contributed by atoms with Crippen molar-refractivity contribution in [2.75, 3.05) is 12.0 Å². The second-order valence-corrected chi connectivity index (χ2v) is 7.38. The Hall–Kier alpha value is -1.41. The van der Waals surface area contributed by atoms with E-state index in [2.05, 4.69) is 0 Å². The molecule has 0 aliphatic carbocycles. The normalized spacial score (nSPS) is 12.3. The molecule has 8 heteroatoms. The summed E-state index contributed by atoms with van der Waals surface area (Å²) in [5, 5.41) is 10.2. The third-order valence-corrected chi connectivity index (χ3v) is 4.65. The zero-order valence-electron chi connectivity index (χ0n) is 8.78. The molecule has 0 N–H and O–H groups in total. The maximum Gasteiger partial charge on any atom is 0.183 e. The third-order valence-electron chi connectivity index (χ3n) is 1.92. The summed E-state index contributed by atoms with van der Waals surface area (Å²) in [5.74, 6) is -2.84. The summed E-state index contributed by atoms with van der Waals surface area (Å²) >= 11 is 0. The molecule has 0 amide bonds. The van der Waals surface area contributed by atoms with Crippen LogP contribution in [0.4, 0.5) is 0 Å². The third kappa shape index (κ3) is 3.53. The molecule has 1 rings (SSSR count). The van der Waals surface area contributed by atoms with Gasteiger partial charge in [0, 0.05) is 6.26 Å². The van der Waals surface area contributed by atoms with E-state index in [-0.39, 0.29) is 9.79 Å². The number of carbonyl (C=O) groups is 1. The lowest BCUT2D eigenvalue weighted by molar-refractivity contribution is -0.301. The van der Waals surface area contributed by atoms with Crippen molar-refractivity contribution in [2.45, 2.75) is 9.79 Å². The van der Waals surface area contributed by atoms with Crippen LogP contribution in [0.5, 0.6) is 0 Å². The zero-order valence-corrected chi connectivity index (χ0v) is 10.4. The molecular weight excluding hydrogens is 268 g/mol. The number of carboxylic acids is 1. The van der Waals surface area contributed by atoms with E-state index in [0.717, 1.165) is 30.5 Å². The van der Waals surface area contributed by atoms with Gasteiger partial charge in [-0.25, -0.2) is 16.8 Å². The summed E-state index contributed by atoms with van der Waals surface area (Å²) in [6.45, 7) is 0. The first-order chi connectivity index (χ1) is 7.63. The molecular formula is C9H9O6S2-. The topological polar surface area (TPSA) is 108 Å². The van der Waals surface area contributed by atoms with E-state index in [0.29, 0.717) is 0 Å². The molecule has 17 heavy (non-hydrogen) atoms. The summed E-state index contributed by atoms with van der Waals surface area (Å²) < 4.78 is 45.1. The maximum absolute atomic E-state index is 11.4. The van der Waals surface area contributed by atoms with Gasteiger partial charge in [-0.05, 0) is 24.3 Å². The van der Waals surface area contributed by atoms with E-state index in [9.17, 15) is 26.7 Å². The van der Waals surface area contributed by atoms with Crippen LogP contribution in [0.15, 0.2) is 34.1 Å². The smallest absolute Gasteiger partial charge is 0.183 e. The van der Waals surface area contributed by atoms with E-state index in [1.807, 2.05) is 0 Å².